The number of alkyl carbamates (subject to hydrolysis) is 1. The van der Waals surface area contributed by atoms with Gasteiger partial charge in [-0.25, -0.2) is 4.79 Å². The number of carboxylic acids is 1. The van der Waals surface area contributed by atoms with E-state index >= 15 is 0 Å². The lowest BCUT2D eigenvalue weighted by Gasteiger charge is -2.44. The van der Waals surface area contributed by atoms with Crippen LogP contribution in [0.2, 0.25) is 0 Å². The largest absolute Gasteiger partial charge is 0.481 e. The van der Waals surface area contributed by atoms with E-state index in [9.17, 15) is 14.4 Å². The van der Waals surface area contributed by atoms with E-state index in [0.29, 0.717) is 32.7 Å². The van der Waals surface area contributed by atoms with Crippen LogP contribution in [-0.4, -0.2) is 54.2 Å². The number of nitrogens with zero attached hydrogens (tertiary/aromatic N) is 1. The Hall–Kier alpha value is -3.35. The summed E-state index contributed by atoms with van der Waals surface area (Å²) < 4.78 is 5.54. The van der Waals surface area contributed by atoms with Gasteiger partial charge in [0, 0.05) is 32.0 Å². The molecule has 0 spiro atoms. The summed E-state index contributed by atoms with van der Waals surface area (Å²) in [7, 11) is 0. The Morgan fingerprint density at radius 3 is 2.18 bits per heavy atom. The molecule has 0 unspecified atom stereocenters. The molecule has 0 radical (unpaired) electrons. The summed E-state index contributed by atoms with van der Waals surface area (Å²) in [4.78, 5) is 37.0. The average molecular weight is 465 g/mol. The first-order valence-electron chi connectivity index (χ1n) is 12.0. The minimum absolute atomic E-state index is 0.0236. The Bertz CT molecular complexity index is 1010. The molecule has 34 heavy (non-hydrogen) atoms. The molecule has 4 rings (SSSR count). The van der Waals surface area contributed by atoms with E-state index in [0.717, 1.165) is 25.7 Å². The molecule has 2 aliphatic rings. The van der Waals surface area contributed by atoms with Gasteiger partial charge in [-0.15, -0.1) is 0 Å². The van der Waals surface area contributed by atoms with Crippen molar-refractivity contribution in [2.45, 2.75) is 44.9 Å². The molecule has 2 amide bonds. The maximum atomic E-state index is 12.2. The molecular formula is C27H32N2O5. The number of likely N-dealkylation sites (tertiary alicyclic amines) is 1. The van der Waals surface area contributed by atoms with Crippen LogP contribution in [-0.2, 0) is 14.3 Å². The lowest BCUT2D eigenvalue weighted by Crippen LogP contribution is -2.60. The summed E-state index contributed by atoms with van der Waals surface area (Å²) in [5.74, 6) is -0.772. The number of carbonyl (C=O) groups excluding carboxylic acids is 2. The zero-order valence-electron chi connectivity index (χ0n) is 19.6. The van der Waals surface area contributed by atoms with E-state index in [4.69, 9.17) is 9.84 Å². The van der Waals surface area contributed by atoms with E-state index in [2.05, 4.69) is 29.6 Å². The van der Waals surface area contributed by atoms with Crippen molar-refractivity contribution in [3.8, 4) is 11.1 Å². The van der Waals surface area contributed by atoms with Crippen molar-refractivity contribution in [2.24, 2.45) is 5.41 Å². The van der Waals surface area contributed by atoms with Crippen molar-refractivity contribution >= 4 is 18.0 Å². The lowest BCUT2D eigenvalue weighted by atomic mass is 9.82. The molecule has 180 valence electrons. The molecular weight excluding hydrogens is 432 g/mol. The first kappa shape index (κ1) is 23.8. The van der Waals surface area contributed by atoms with Gasteiger partial charge in [0.15, 0.2) is 0 Å². The quantitative estimate of drug-likeness (QED) is 0.508. The van der Waals surface area contributed by atoms with Gasteiger partial charge in [-0.05, 0) is 42.0 Å². The number of unbranched alkanes of at least 4 members (excludes halogenated alkanes) is 3. The molecule has 0 bridgehead atoms. The van der Waals surface area contributed by atoms with E-state index in [1.165, 1.54) is 22.3 Å². The monoisotopic (exact) mass is 464 g/mol. The normalized spacial score (nSPS) is 15.7. The van der Waals surface area contributed by atoms with Gasteiger partial charge >= 0.3 is 12.1 Å². The molecule has 7 nitrogen and oxygen atoms in total. The van der Waals surface area contributed by atoms with Gasteiger partial charge in [-0.1, -0.05) is 61.4 Å². The third-order valence-electron chi connectivity index (χ3n) is 6.88. The Kier molecular flexibility index (Phi) is 7.20. The van der Waals surface area contributed by atoms with Gasteiger partial charge in [0.1, 0.15) is 6.61 Å². The number of hydrogen-bond acceptors (Lipinski definition) is 4. The number of aliphatic carboxylic acids is 1. The van der Waals surface area contributed by atoms with Gasteiger partial charge in [0.2, 0.25) is 5.91 Å². The van der Waals surface area contributed by atoms with Gasteiger partial charge in [0.25, 0.3) is 0 Å². The molecule has 1 aliphatic carbocycles. The van der Waals surface area contributed by atoms with Gasteiger partial charge in [0.05, 0.1) is 5.41 Å². The van der Waals surface area contributed by atoms with Crippen LogP contribution in [0.5, 0.6) is 0 Å². The molecule has 0 saturated carbocycles. The average Bonchev–Trinajstić information content (AvgIpc) is 3.13. The fourth-order valence-corrected chi connectivity index (χ4v) is 4.86. The third kappa shape index (κ3) is 5.08. The van der Waals surface area contributed by atoms with Crippen LogP contribution in [0.25, 0.3) is 11.1 Å². The van der Waals surface area contributed by atoms with E-state index in [1.807, 2.05) is 24.3 Å². The van der Waals surface area contributed by atoms with Crippen molar-refractivity contribution < 1.29 is 24.2 Å². The number of ether oxygens (including phenoxy) is 1. The summed E-state index contributed by atoms with van der Waals surface area (Å²) in [6.45, 7) is 3.10. The highest BCUT2D eigenvalue weighted by molar-refractivity contribution is 5.83. The van der Waals surface area contributed by atoms with Crippen LogP contribution >= 0.6 is 0 Å². The van der Waals surface area contributed by atoms with Crippen LogP contribution in [0.1, 0.15) is 56.1 Å². The van der Waals surface area contributed by atoms with Crippen LogP contribution in [0.15, 0.2) is 48.5 Å². The van der Waals surface area contributed by atoms with Crippen LogP contribution in [0, 0.1) is 5.41 Å². The zero-order valence-corrected chi connectivity index (χ0v) is 19.6. The number of rotatable bonds is 10. The van der Waals surface area contributed by atoms with Gasteiger partial charge < -0.3 is 20.1 Å². The number of carboxylic acid groups (broad SMARTS) is 1. The number of benzene rings is 2. The van der Waals surface area contributed by atoms with Crippen molar-refractivity contribution in [1.29, 1.82) is 0 Å². The molecule has 1 saturated heterocycles. The van der Waals surface area contributed by atoms with Crippen LogP contribution in [0.4, 0.5) is 4.79 Å². The molecule has 2 aromatic rings. The Labute approximate surface area is 200 Å². The lowest BCUT2D eigenvalue weighted by molar-refractivity contribution is -0.163. The Morgan fingerprint density at radius 1 is 0.971 bits per heavy atom. The van der Waals surface area contributed by atoms with E-state index < -0.39 is 17.5 Å². The standard InChI is InChI=1S/C27H32N2O5/c1-27(25(31)32)17-29(18-27)24(30)14-4-2-3-9-15-28-26(33)34-16-23-21-12-7-5-10-19(21)20-11-6-8-13-22(20)23/h5-8,10-13,23H,2-4,9,14-18H2,1H3,(H,28,33)(H,31,32). The topological polar surface area (TPSA) is 95.9 Å². The third-order valence-corrected chi connectivity index (χ3v) is 6.88. The first-order valence-corrected chi connectivity index (χ1v) is 12.0. The zero-order chi connectivity index (χ0) is 24.1. The molecule has 1 aliphatic heterocycles. The fourth-order valence-electron chi connectivity index (χ4n) is 4.86. The minimum Gasteiger partial charge on any atom is -0.481 e. The highest BCUT2D eigenvalue weighted by Gasteiger charge is 2.46. The molecule has 1 fully saturated rings. The maximum absolute atomic E-state index is 12.2. The summed E-state index contributed by atoms with van der Waals surface area (Å²) in [6.07, 6.45) is 3.42. The van der Waals surface area contributed by atoms with Crippen molar-refractivity contribution in [3.05, 3.63) is 59.7 Å². The molecule has 0 aromatic heterocycles. The number of carbonyl (C=O) groups is 3. The van der Waals surface area contributed by atoms with Crippen LogP contribution in [0.3, 0.4) is 0 Å². The summed E-state index contributed by atoms with van der Waals surface area (Å²) >= 11 is 0. The highest BCUT2D eigenvalue weighted by Crippen LogP contribution is 2.44. The molecule has 2 N–H and O–H groups in total. The minimum atomic E-state index is -0.847. The molecule has 0 atom stereocenters. The Morgan fingerprint density at radius 2 is 1.56 bits per heavy atom. The number of hydrogen-bond donors (Lipinski definition) is 2. The highest BCUT2D eigenvalue weighted by atomic mass is 16.5. The van der Waals surface area contributed by atoms with Gasteiger partial charge in [-0.2, -0.15) is 0 Å². The summed E-state index contributed by atoms with van der Waals surface area (Å²) in [5, 5.41) is 11.9. The summed E-state index contributed by atoms with van der Waals surface area (Å²) in [6, 6.07) is 16.5. The SMILES string of the molecule is CC1(C(=O)O)CN(C(=O)CCCCCCNC(=O)OCC2c3ccccc3-c3ccccc32)C1. The Balaban J connectivity index is 1.09. The fraction of sp³-hybridized carbons (Fsp3) is 0.444. The number of fused-ring (bicyclic) bond motifs is 3. The van der Waals surface area contributed by atoms with Crippen molar-refractivity contribution in [2.75, 3.05) is 26.2 Å². The first-order chi connectivity index (χ1) is 16.4. The second kappa shape index (κ2) is 10.3. The predicted molar refractivity (Wildman–Crippen MR) is 128 cm³/mol. The second-order valence-corrected chi connectivity index (χ2v) is 9.53. The molecule has 1 heterocycles. The molecule has 7 heteroatoms. The van der Waals surface area contributed by atoms with Crippen molar-refractivity contribution in [1.82, 2.24) is 10.2 Å². The predicted octanol–water partition coefficient (Wildman–Crippen LogP) is 4.41. The van der Waals surface area contributed by atoms with E-state index in [1.54, 1.807) is 11.8 Å². The van der Waals surface area contributed by atoms with Crippen LogP contribution < -0.4 is 5.32 Å². The number of amides is 2. The van der Waals surface area contributed by atoms with Crippen molar-refractivity contribution in [3.63, 3.8) is 0 Å². The maximum Gasteiger partial charge on any atom is 0.407 e. The smallest absolute Gasteiger partial charge is 0.407 e. The second-order valence-electron chi connectivity index (χ2n) is 9.53. The van der Waals surface area contributed by atoms with Gasteiger partial charge in [-0.3, -0.25) is 9.59 Å². The van der Waals surface area contributed by atoms with E-state index in [-0.39, 0.29) is 11.8 Å². The summed E-state index contributed by atoms with van der Waals surface area (Å²) in [5.41, 5.74) is 4.00. The number of nitrogens with one attached hydrogen (secondary N) is 1. The molecule has 2 aromatic carbocycles.